The number of amides is 1. The summed E-state index contributed by atoms with van der Waals surface area (Å²) in [4.78, 5) is 14.1. The molecule has 0 fully saturated rings. The Labute approximate surface area is 124 Å². The number of likely N-dealkylation sites (N-methyl/N-ethyl adjacent to an activating group) is 1. The second kappa shape index (κ2) is 6.68. The fraction of sp³-hybridized carbons (Fsp3) is 0.312. The van der Waals surface area contributed by atoms with Crippen LogP contribution < -0.4 is 5.32 Å². The quantitative estimate of drug-likeness (QED) is 0.914. The van der Waals surface area contributed by atoms with Crippen molar-refractivity contribution in [3.05, 3.63) is 51.7 Å². The summed E-state index contributed by atoms with van der Waals surface area (Å²) in [6.07, 6.45) is 0. The van der Waals surface area contributed by atoms with Crippen molar-refractivity contribution in [1.82, 2.24) is 4.90 Å². The molecule has 0 spiro atoms. The van der Waals surface area contributed by atoms with Crippen LogP contribution in [0.3, 0.4) is 0 Å². The molecule has 4 heteroatoms. The molecule has 0 atom stereocenters. The lowest BCUT2D eigenvalue weighted by molar-refractivity contribution is -0.117. The van der Waals surface area contributed by atoms with Crippen LogP contribution in [0.25, 0.3) is 0 Å². The highest BCUT2D eigenvalue weighted by Crippen LogP contribution is 2.17. The van der Waals surface area contributed by atoms with Gasteiger partial charge in [0.1, 0.15) is 0 Å². The molecule has 1 heterocycles. The average molecular weight is 288 g/mol. The minimum atomic E-state index is 0.0245. The lowest BCUT2D eigenvalue weighted by Gasteiger charge is -2.16. The molecular weight excluding hydrogens is 268 g/mol. The molecular formula is C16H20N2OS. The van der Waals surface area contributed by atoms with Gasteiger partial charge in [0.25, 0.3) is 0 Å². The molecule has 1 amide bonds. The summed E-state index contributed by atoms with van der Waals surface area (Å²) in [7, 11) is 1.96. The lowest BCUT2D eigenvalue weighted by atomic mass is 10.1. The molecule has 0 aliphatic carbocycles. The van der Waals surface area contributed by atoms with Crippen molar-refractivity contribution in [2.75, 3.05) is 18.9 Å². The molecule has 20 heavy (non-hydrogen) atoms. The highest BCUT2D eigenvalue weighted by atomic mass is 32.1. The van der Waals surface area contributed by atoms with E-state index in [9.17, 15) is 4.79 Å². The number of carbonyl (C=O) groups is 1. The van der Waals surface area contributed by atoms with Crippen molar-refractivity contribution in [3.63, 3.8) is 0 Å². The van der Waals surface area contributed by atoms with Crippen molar-refractivity contribution in [1.29, 1.82) is 0 Å². The van der Waals surface area contributed by atoms with Crippen LogP contribution in [0.2, 0.25) is 0 Å². The van der Waals surface area contributed by atoms with Gasteiger partial charge in [-0.2, -0.15) is 11.3 Å². The molecule has 0 saturated carbocycles. The minimum absolute atomic E-state index is 0.0245. The van der Waals surface area contributed by atoms with Gasteiger partial charge >= 0.3 is 0 Å². The van der Waals surface area contributed by atoms with Crippen LogP contribution >= 0.6 is 11.3 Å². The van der Waals surface area contributed by atoms with E-state index in [4.69, 9.17) is 0 Å². The average Bonchev–Trinajstić information content (AvgIpc) is 2.87. The summed E-state index contributed by atoms with van der Waals surface area (Å²) >= 11 is 1.68. The zero-order valence-corrected chi connectivity index (χ0v) is 13.0. The maximum atomic E-state index is 12.1. The van der Waals surface area contributed by atoms with Gasteiger partial charge in [0.15, 0.2) is 0 Å². The Balaban J connectivity index is 1.90. The van der Waals surface area contributed by atoms with Gasteiger partial charge in [0.05, 0.1) is 6.54 Å². The molecule has 1 aromatic heterocycles. The van der Waals surface area contributed by atoms with Crippen molar-refractivity contribution in [3.8, 4) is 0 Å². The molecule has 106 valence electrons. The Hall–Kier alpha value is -1.65. The zero-order chi connectivity index (χ0) is 14.5. The molecule has 1 N–H and O–H groups in total. The highest BCUT2D eigenvalue weighted by molar-refractivity contribution is 7.07. The first kappa shape index (κ1) is 14.8. The van der Waals surface area contributed by atoms with E-state index >= 15 is 0 Å². The summed E-state index contributed by atoms with van der Waals surface area (Å²) in [6.45, 7) is 5.26. The van der Waals surface area contributed by atoms with Gasteiger partial charge in [-0.15, -0.1) is 0 Å². The number of rotatable bonds is 5. The molecule has 0 aliphatic heterocycles. The highest BCUT2D eigenvalue weighted by Gasteiger charge is 2.09. The zero-order valence-electron chi connectivity index (χ0n) is 12.1. The van der Waals surface area contributed by atoms with E-state index in [1.54, 1.807) is 11.3 Å². The van der Waals surface area contributed by atoms with Gasteiger partial charge in [-0.3, -0.25) is 9.69 Å². The van der Waals surface area contributed by atoms with Crippen LogP contribution in [0.5, 0.6) is 0 Å². The predicted molar refractivity (Wildman–Crippen MR) is 85.2 cm³/mol. The maximum Gasteiger partial charge on any atom is 0.238 e. The van der Waals surface area contributed by atoms with E-state index in [0.717, 1.165) is 17.8 Å². The molecule has 0 radical (unpaired) electrons. The number of carbonyl (C=O) groups excluding carboxylic acids is 1. The third-order valence-electron chi connectivity index (χ3n) is 3.32. The predicted octanol–water partition coefficient (Wildman–Crippen LogP) is 3.44. The summed E-state index contributed by atoms with van der Waals surface area (Å²) in [5, 5.41) is 7.15. The third kappa shape index (κ3) is 3.92. The van der Waals surface area contributed by atoms with Crippen molar-refractivity contribution in [2.24, 2.45) is 0 Å². The van der Waals surface area contributed by atoms with Gasteiger partial charge in [0.2, 0.25) is 5.91 Å². The molecule has 0 saturated heterocycles. The van der Waals surface area contributed by atoms with Crippen LogP contribution in [-0.4, -0.2) is 24.4 Å². The standard InChI is InChI=1S/C16H20N2OS/c1-12-5-4-6-15(13(12)2)17-16(19)10-18(3)9-14-7-8-20-11-14/h4-8,11H,9-10H2,1-3H3,(H,17,19). The van der Waals surface area contributed by atoms with Crippen molar-refractivity contribution < 1.29 is 4.79 Å². The Kier molecular flexibility index (Phi) is 4.93. The van der Waals surface area contributed by atoms with E-state index < -0.39 is 0 Å². The summed E-state index contributed by atoms with van der Waals surface area (Å²) < 4.78 is 0. The first-order valence-electron chi connectivity index (χ1n) is 6.62. The van der Waals surface area contributed by atoms with Crippen LogP contribution in [0.1, 0.15) is 16.7 Å². The van der Waals surface area contributed by atoms with E-state index in [1.165, 1.54) is 11.1 Å². The molecule has 0 bridgehead atoms. The van der Waals surface area contributed by atoms with Gasteiger partial charge in [0, 0.05) is 12.2 Å². The molecule has 0 aliphatic rings. The smallest absolute Gasteiger partial charge is 0.238 e. The third-order valence-corrected chi connectivity index (χ3v) is 4.06. The van der Waals surface area contributed by atoms with Gasteiger partial charge in [-0.1, -0.05) is 12.1 Å². The number of thiophene rings is 1. The Morgan fingerprint density at radius 3 is 2.80 bits per heavy atom. The topological polar surface area (TPSA) is 32.3 Å². The molecule has 3 nitrogen and oxygen atoms in total. The molecule has 0 unspecified atom stereocenters. The van der Waals surface area contributed by atoms with Crippen molar-refractivity contribution in [2.45, 2.75) is 20.4 Å². The van der Waals surface area contributed by atoms with E-state index in [0.29, 0.717) is 6.54 Å². The van der Waals surface area contributed by atoms with E-state index in [1.807, 2.05) is 44.0 Å². The van der Waals surface area contributed by atoms with E-state index in [2.05, 4.69) is 22.1 Å². The van der Waals surface area contributed by atoms with Gasteiger partial charge < -0.3 is 5.32 Å². The van der Waals surface area contributed by atoms with Crippen LogP contribution in [0, 0.1) is 13.8 Å². The number of nitrogens with zero attached hydrogens (tertiary/aromatic N) is 1. The summed E-state index contributed by atoms with van der Waals surface area (Å²) in [5.74, 6) is 0.0245. The number of hydrogen-bond acceptors (Lipinski definition) is 3. The minimum Gasteiger partial charge on any atom is -0.325 e. The fourth-order valence-electron chi connectivity index (χ4n) is 2.07. The monoisotopic (exact) mass is 288 g/mol. The van der Waals surface area contributed by atoms with Crippen molar-refractivity contribution >= 4 is 22.9 Å². The van der Waals surface area contributed by atoms with Gasteiger partial charge in [-0.05, 0) is 60.5 Å². The summed E-state index contributed by atoms with van der Waals surface area (Å²) in [5.41, 5.74) is 4.46. The van der Waals surface area contributed by atoms with E-state index in [-0.39, 0.29) is 5.91 Å². The van der Waals surface area contributed by atoms with Crippen LogP contribution in [-0.2, 0) is 11.3 Å². The largest absolute Gasteiger partial charge is 0.325 e. The number of anilines is 1. The van der Waals surface area contributed by atoms with Gasteiger partial charge in [-0.25, -0.2) is 0 Å². The number of aryl methyl sites for hydroxylation is 1. The second-order valence-corrected chi connectivity index (χ2v) is 5.88. The maximum absolute atomic E-state index is 12.1. The Bertz CT molecular complexity index is 578. The summed E-state index contributed by atoms with van der Waals surface area (Å²) in [6, 6.07) is 8.05. The number of benzene rings is 1. The lowest BCUT2D eigenvalue weighted by Crippen LogP contribution is -2.29. The first-order chi connectivity index (χ1) is 9.56. The SMILES string of the molecule is Cc1cccc(NC(=O)CN(C)Cc2ccsc2)c1C. The fourth-order valence-corrected chi connectivity index (χ4v) is 2.73. The Morgan fingerprint density at radius 2 is 2.10 bits per heavy atom. The molecule has 2 aromatic rings. The second-order valence-electron chi connectivity index (χ2n) is 5.10. The first-order valence-corrected chi connectivity index (χ1v) is 7.56. The molecule has 2 rings (SSSR count). The normalized spacial score (nSPS) is 10.8. The number of hydrogen-bond donors (Lipinski definition) is 1. The molecule has 1 aromatic carbocycles. The number of nitrogens with one attached hydrogen (secondary N) is 1. The van der Waals surface area contributed by atoms with Crippen LogP contribution in [0.15, 0.2) is 35.0 Å². The van der Waals surface area contributed by atoms with Crippen LogP contribution in [0.4, 0.5) is 5.69 Å². The Morgan fingerprint density at radius 1 is 1.30 bits per heavy atom.